The highest BCUT2D eigenvalue weighted by atomic mass is 19.1. The predicted molar refractivity (Wildman–Crippen MR) is 149 cm³/mol. The molecule has 1 fully saturated rings. The summed E-state index contributed by atoms with van der Waals surface area (Å²) in [6.07, 6.45) is 6.39. The second-order valence-corrected chi connectivity index (χ2v) is 11.0. The van der Waals surface area contributed by atoms with Gasteiger partial charge in [0.15, 0.2) is 0 Å². The first-order chi connectivity index (χ1) is 18.9. The molecule has 0 aromatic heterocycles. The van der Waals surface area contributed by atoms with Crippen LogP contribution in [0, 0.1) is 23.3 Å². The summed E-state index contributed by atoms with van der Waals surface area (Å²) in [4.78, 5) is 0. The van der Waals surface area contributed by atoms with Crippen LogP contribution in [0.4, 0.5) is 17.6 Å². The molecule has 4 aromatic carbocycles. The molecule has 0 amide bonds. The number of hydrogen-bond donors (Lipinski definition) is 0. The molecule has 4 aromatic rings. The third-order valence-electron chi connectivity index (χ3n) is 8.53. The molecule has 0 bridgehead atoms. The molecule has 202 valence electrons. The van der Waals surface area contributed by atoms with Gasteiger partial charge < -0.3 is 0 Å². The van der Waals surface area contributed by atoms with Crippen LogP contribution < -0.4 is 0 Å². The van der Waals surface area contributed by atoms with E-state index < -0.39 is 0 Å². The quantitative estimate of drug-likeness (QED) is 0.230. The summed E-state index contributed by atoms with van der Waals surface area (Å²) in [5, 5.41) is 0. The molecule has 0 spiro atoms. The van der Waals surface area contributed by atoms with Crippen LogP contribution in [0.1, 0.15) is 90.9 Å². The normalized spacial score (nSPS) is 22.7. The van der Waals surface area contributed by atoms with Crippen LogP contribution in [0.2, 0.25) is 0 Å². The molecular formula is C35H34F4. The fraction of sp³-hybridized carbons (Fsp3) is 0.314. The van der Waals surface area contributed by atoms with Crippen LogP contribution >= 0.6 is 0 Å². The largest absolute Gasteiger partial charge is 0.207 e. The van der Waals surface area contributed by atoms with E-state index in [2.05, 4.69) is 0 Å². The van der Waals surface area contributed by atoms with Crippen LogP contribution in [-0.4, -0.2) is 0 Å². The minimum Gasteiger partial charge on any atom is -0.207 e. The summed E-state index contributed by atoms with van der Waals surface area (Å²) in [7, 11) is 0. The highest BCUT2D eigenvalue weighted by Gasteiger charge is 2.26. The molecular weight excluding hydrogens is 496 g/mol. The summed E-state index contributed by atoms with van der Waals surface area (Å²) in [5.74, 6) is -0.0970. The molecule has 4 heteroatoms. The van der Waals surface area contributed by atoms with Crippen molar-refractivity contribution in [3.05, 3.63) is 143 Å². The third kappa shape index (κ3) is 7.17. The van der Waals surface area contributed by atoms with Gasteiger partial charge in [-0.15, -0.1) is 0 Å². The van der Waals surface area contributed by atoms with Crippen molar-refractivity contribution >= 4 is 0 Å². The molecule has 0 saturated heterocycles. The van der Waals surface area contributed by atoms with Crippen molar-refractivity contribution in [3.63, 3.8) is 0 Å². The molecule has 0 aliphatic heterocycles. The summed E-state index contributed by atoms with van der Waals surface area (Å²) in [6, 6.07) is 27.3. The van der Waals surface area contributed by atoms with Gasteiger partial charge in [-0.3, -0.25) is 0 Å². The van der Waals surface area contributed by atoms with Gasteiger partial charge in [0, 0.05) is 0 Å². The SMILES string of the molecule is Fc1ccc(C2CCC(c3ccc(F)cc3)CCC(c3ccc(F)cc3)CC(c3ccc(F)cc3)CC2)cc1. The maximum absolute atomic E-state index is 13.8. The van der Waals surface area contributed by atoms with Crippen molar-refractivity contribution in [1.29, 1.82) is 0 Å². The zero-order valence-electron chi connectivity index (χ0n) is 22.0. The molecule has 1 aliphatic carbocycles. The smallest absolute Gasteiger partial charge is 0.123 e. The summed E-state index contributed by atoms with van der Waals surface area (Å²) in [5.41, 5.74) is 4.47. The Balaban J connectivity index is 1.50. The van der Waals surface area contributed by atoms with Crippen molar-refractivity contribution in [3.8, 4) is 0 Å². The van der Waals surface area contributed by atoms with Gasteiger partial charge in [-0.05, 0) is 139 Å². The van der Waals surface area contributed by atoms with E-state index in [0.29, 0.717) is 0 Å². The van der Waals surface area contributed by atoms with Crippen LogP contribution in [-0.2, 0) is 0 Å². The molecule has 0 radical (unpaired) electrons. The van der Waals surface area contributed by atoms with Crippen LogP contribution in [0.15, 0.2) is 97.1 Å². The van der Waals surface area contributed by atoms with Crippen LogP contribution in [0.5, 0.6) is 0 Å². The topological polar surface area (TPSA) is 0 Å². The van der Waals surface area contributed by atoms with E-state index in [4.69, 9.17) is 0 Å². The van der Waals surface area contributed by atoms with Gasteiger partial charge in [0.2, 0.25) is 0 Å². The summed E-state index contributed by atoms with van der Waals surface area (Å²) < 4.78 is 55.1. The van der Waals surface area contributed by atoms with Gasteiger partial charge >= 0.3 is 0 Å². The van der Waals surface area contributed by atoms with E-state index in [1.165, 1.54) is 48.5 Å². The van der Waals surface area contributed by atoms with Crippen molar-refractivity contribution < 1.29 is 17.6 Å². The maximum Gasteiger partial charge on any atom is 0.123 e. The maximum atomic E-state index is 13.8. The first kappa shape index (κ1) is 27.2. The van der Waals surface area contributed by atoms with Crippen molar-refractivity contribution in [2.75, 3.05) is 0 Å². The molecule has 0 N–H and O–H groups in total. The second kappa shape index (κ2) is 12.6. The monoisotopic (exact) mass is 530 g/mol. The Kier molecular flexibility index (Phi) is 8.81. The molecule has 0 nitrogen and oxygen atoms in total. The average molecular weight is 531 g/mol. The lowest BCUT2D eigenvalue weighted by Gasteiger charge is -2.26. The molecule has 39 heavy (non-hydrogen) atoms. The summed E-state index contributed by atoms with van der Waals surface area (Å²) in [6.45, 7) is 0. The number of hydrogen-bond acceptors (Lipinski definition) is 0. The van der Waals surface area contributed by atoms with E-state index in [1.807, 2.05) is 48.5 Å². The van der Waals surface area contributed by atoms with Crippen LogP contribution in [0.25, 0.3) is 0 Å². The first-order valence-electron chi connectivity index (χ1n) is 14.0. The Labute approximate surface area is 228 Å². The van der Waals surface area contributed by atoms with Gasteiger partial charge in [0.25, 0.3) is 0 Å². The lowest BCUT2D eigenvalue weighted by molar-refractivity contribution is 0.451. The second-order valence-electron chi connectivity index (χ2n) is 11.0. The third-order valence-corrected chi connectivity index (χ3v) is 8.53. The molecule has 5 rings (SSSR count). The Morgan fingerprint density at radius 1 is 0.308 bits per heavy atom. The Bertz CT molecular complexity index is 1210. The number of benzene rings is 4. The molecule has 4 atom stereocenters. The Hall–Kier alpha value is -3.40. The van der Waals surface area contributed by atoms with Crippen LogP contribution in [0.3, 0.4) is 0 Å². The molecule has 1 saturated carbocycles. The zero-order valence-corrected chi connectivity index (χ0v) is 22.0. The van der Waals surface area contributed by atoms with Gasteiger partial charge in [0.05, 0.1) is 0 Å². The van der Waals surface area contributed by atoms with Gasteiger partial charge in [0.1, 0.15) is 23.3 Å². The highest BCUT2D eigenvalue weighted by Crippen LogP contribution is 2.43. The van der Waals surface area contributed by atoms with Gasteiger partial charge in [-0.25, -0.2) is 17.6 Å². The highest BCUT2D eigenvalue weighted by molar-refractivity contribution is 5.27. The van der Waals surface area contributed by atoms with E-state index in [0.717, 1.165) is 67.2 Å². The summed E-state index contributed by atoms with van der Waals surface area (Å²) >= 11 is 0. The standard InChI is InChI=1S/C35H34F4/c36-32-15-7-26(8-16-32)24-1-2-25(27-9-17-33(37)18-10-27)4-6-31(29-13-21-35(39)22-14-29)23-30(5-3-24)28-11-19-34(38)20-12-28/h7-22,24-25,30-31H,1-6,23H2. The van der Waals surface area contributed by atoms with E-state index >= 15 is 0 Å². The lowest BCUT2D eigenvalue weighted by atomic mass is 9.79. The zero-order chi connectivity index (χ0) is 27.2. The predicted octanol–water partition coefficient (Wildman–Crippen LogP) is 10.4. The van der Waals surface area contributed by atoms with Gasteiger partial charge in [-0.2, -0.15) is 0 Å². The van der Waals surface area contributed by atoms with Crippen molar-refractivity contribution in [2.45, 2.75) is 68.6 Å². The first-order valence-corrected chi connectivity index (χ1v) is 14.0. The minimum atomic E-state index is -0.253. The van der Waals surface area contributed by atoms with E-state index in [1.54, 1.807) is 0 Å². The molecule has 0 heterocycles. The Morgan fingerprint density at radius 2 is 0.513 bits per heavy atom. The van der Waals surface area contributed by atoms with Crippen molar-refractivity contribution in [1.82, 2.24) is 0 Å². The van der Waals surface area contributed by atoms with Crippen molar-refractivity contribution in [2.24, 2.45) is 0 Å². The lowest BCUT2D eigenvalue weighted by Crippen LogP contribution is -2.09. The van der Waals surface area contributed by atoms with E-state index in [-0.39, 0.29) is 46.9 Å². The van der Waals surface area contributed by atoms with Gasteiger partial charge in [-0.1, -0.05) is 48.5 Å². The number of halogens is 4. The fourth-order valence-electron chi connectivity index (χ4n) is 6.29. The average Bonchev–Trinajstić information content (AvgIpc) is 2.99. The minimum absolute atomic E-state index is 0.200. The number of rotatable bonds is 4. The Morgan fingerprint density at radius 3 is 0.769 bits per heavy atom. The molecule has 1 aliphatic rings. The van der Waals surface area contributed by atoms with E-state index in [9.17, 15) is 17.6 Å². The fourth-order valence-corrected chi connectivity index (χ4v) is 6.29. The molecule has 4 unspecified atom stereocenters.